The van der Waals surface area contributed by atoms with Crippen LogP contribution in [-0.2, 0) is 48.2 Å². The second-order valence-electron chi connectivity index (χ2n) is 23.7. The molecule has 6 aromatic rings. The first-order valence-electron chi connectivity index (χ1n) is 34.1. The molecule has 752 valence electrons. The van der Waals surface area contributed by atoms with Gasteiger partial charge in [-0.15, -0.1) is 0 Å². The van der Waals surface area contributed by atoms with Crippen LogP contribution in [0.2, 0.25) is 0 Å². The smallest absolute Gasteiger partial charge is 0.328 e. The SMILES string of the molecule is C1CCOC1.COC(=O)C(NCc1ccccc1)c1ccccc1.II(I)I(I)I(I)I(I)I(I)I(I)I(I)I(I)I(I)I(I)I(I)I.I[I-]I(I)I(I)I(I)I(I)I(I)I(I)I(I)I(I)I(I)I(I)I(I)I.O=C(O)C(NCc1ccccc1)c1ccccc1.O=C(O[C@H]1CN2CCC1CC2)C(NCc1ccccc1)c1ccccc1.O[C@H]1CN2CCC1CC2. The van der Waals surface area contributed by atoms with Gasteiger partial charge in [0.15, 0.2) is 0 Å². The molecule has 7 heterocycles. The van der Waals surface area contributed by atoms with Gasteiger partial charge >= 0.3 is 689 Å². The number of halogens is 49. The van der Waals surface area contributed by atoms with Crippen molar-refractivity contribution in [3.63, 3.8) is 0 Å². The Morgan fingerprint density at radius 3 is 0.873 bits per heavy atom. The molecule has 126 heavy (non-hydrogen) atoms. The fourth-order valence-corrected chi connectivity index (χ4v) is 7760. The summed E-state index contributed by atoms with van der Waals surface area (Å²) in [6, 6.07) is 57.0. The number of benzene rings is 6. The Kier molecular flexibility index (Phi) is 101. The van der Waals surface area contributed by atoms with Crippen molar-refractivity contribution in [3.05, 3.63) is 215 Å². The van der Waals surface area contributed by atoms with Crippen LogP contribution in [0.25, 0.3) is 0 Å². The second kappa shape index (κ2) is 87.7. The van der Waals surface area contributed by atoms with Crippen molar-refractivity contribution in [2.45, 2.75) is 88.5 Å². The summed E-state index contributed by atoms with van der Waals surface area (Å²) < 4.78 is 15.8. The number of fused-ring (bicyclic) bond motifs is 6. The maximum absolute atomic E-state index is 13.0. The van der Waals surface area contributed by atoms with Crippen molar-refractivity contribution >= 4 is 676 Å². The van der Waals surface area contributed by atoms with Crippen molar-refractivity contribution in [2.24, 2.45) is 11.8 Å². The quantitative estimate of drug-likeness (QED) is 0.0185. The van der Waals surface area contributed by atoms with Crippen LogP contribution in [0.3, 0.4) is 0 Å². The minimum Gasteiger partial charge on any atom is -0.480 e. The van der Waals surface area contributed by atoms with E-state index in [1.165, 1.54) is 45.9 Å². The van der Waals surface area contributed by atoms with E-state index in [0.717, 1.165) is 85.6 Å². The van der Waals surface area contributed by atoms with Crippen LogP contribution >= 0.6 is 658 Å². The van der Waals surface area contributed by atoms with E-state index in [1.54, 1.807) is 0 Å². The number of carbonyl (C=O) groups excluding carboxylic acids is 2. The topological polar surface area (TPSA) is 162 Å². The summed E-state index contributed by atoms with van der Waals surface area (Å²) in [5, 5.41) is 28.3. The number of nitrogens with one attached hydrogen (secondary N) is 3. The normalized spacial score (nSPS) is 20.3. The average molecular weight is 7260 g/mol. The fraction of sp³-hybridized carbons (Fsp3) is 0.391. The van der Waals surface area contributed by atoms with Crippen LogP contribution < -0.4 is 29.2 Å². The van der Waals surface area contributed by atoms with Crippen molar-refractivity contribution in [1.82, 2.24) is 25.8 Å². The predicted molar refractivity (Wildman–Crippen MR) is 974 cm³/mol. The molecule has 0 radical (unpaired) electrons. The molecule has 6 aromatic carbocycles. The maximum Gasteiger partial charge on any atom is 0.328 e. The number of carbonyl (C=O) groups is 3. The van der Waals surface area contributed by atoms with Crippen LogP contribution in [-0.4, -0.2) is 110 Å². The molecular weight excluding hydrogens is 7190 g/mol. The van der Waals surface area contributed by atoms with Gasteiger partial charge in [0, 0.05) is 45.9 Å². The number of aliphatic hydroxyl groups excluding tert-OH is 1. The summed E-state index contributed by atoms with van der Waals surface area (Å²) in [7, 11) is -7.96. The van der Waals surface area contributed by atoms with Crippen molar-refractivity contribution in [3.8, 4) is 0 Å². The van der Waals surface area contributed by atoms with E-state index in [-0.39, 0.29) is 39.9 Å². The first-order chi connectivity index (χ1) is 59.9. The number of methoxy groups -OCH3 is 1. The van der Waals surface area contributed by atoms with Gasteiger partial charge in [-0.05, 0) is 110 Å². The van der Waals surface area contributed by atoms with Gasteiger partial charge in [-0.2, -0.15) is 0 Å². The molecule has 0 aromatic heterocycles. The fourth-order valence-electron chi connectivity index (χ4n) is 10.8. The summed E-state index contributed by atoms with van der Waals surface area (Å²) in [5.41, 5.74) is 5.98. The van der Waals surface area contributed by atoms with Gasteiger partial charge in [0.25, 0.3) is 0 Å². The number of nitrogens with zero attached hydrogens (tertiary/aromatic N) is 2. The molecule has 4 bridgehead atoms. The number of hydrogen-bond donors (Lipinski definition) is 5. The van der Waals surface area contributed by atoms with E-state index < -0.39 is 182 Å². The van der Waals surface area contributed by atoms with E-state index in [9.17, 15) is 24.6 Å². The number of carboxylic acids is 1. The summed E-state index contributed by atoms with van der Waals surface area (Å²) in [6.07, 6.45) is 7.32. The van der Waals surface area contributed by atoms with Crippen molar-refractivity contribution < 1.29 is 52.1 Å². The Balaban J connectivity index is 0.000000269. The zero-order chi connectivity index (χ0) is 93.3. The number of rotatable bonds is 37. The first-order valence-corrected chi connectivity index (χ1v) is 330. The summed E-state index contributed by atoms with van der Waals surface area (Å²) in [6.45, 7) is 10.4. The first kappa shape index (κ1) is 146. The summed E-state index contributed by atoms with van der Waals surface area (Å²) >= 11 is 81.1. The molecule has 62 heteroatoms. The largest absolute Gasteiger partial charge is 0.480 e. The standard InChI is InChI=1S/C22H26N2O2.C16H17NO2.C15H15NO2.C7H13NO.C4H8O.I25.I24/c25-22(26-20-16-24-13-11-18(20)12-14-24)21(19-9-5-2-6-10-19)23-15-17-7-3-1-4-8-17;1-19-16(18)15(14-10-6-3-7-11-14)17-12-13-8-4-2-5-9-13;17-15(18)14(13-9-5-2-6-10-13)16-11-12-7-3-1-4-8-12;9-7-5-8-3-1-6(7)2-4-8;1-2-4-5-3-1;1-14-16(4)18(6)20(8)22(10)24(12)25(13)23(11)21(9)19(7)17(5)15(2)3;1-14(2)16(5)18(7)20(9)22(11)24(13)23(12)21(10)19(8)17(6)15(3)4/h1-10,18,20-21,23H,11-16H2;2-11,15,17H,12H2,1H3;1-10,14,16H,11H2,(H,17,18);6-7,9H,1-5H2;1-4H2;;/q;;;;;-1;/t20-,21?;;;7-;;;/m0..0.../s1. The third-order valence-corrected chi connectivity index (χ3v) is 3400. The van der Waals surface area contributed by atoms with E-state index in [0.29, 0.717) is 44.7 Å². The van der Waals surface area contributed by atoms with Gasteiger partial charge in [0.2, 0.25) is 0 Å². The minimum atomic E-state index is -0.864. The molecule has 13 nitrogen and oxygen atoms in total. The Morgan fingerprint density at radius 2 is 0.643 bits per heavy atom. The molecule has 7 saturated heterocycles. The number of piperidine rings is 6. The van der Waals surface area contributed by atoms with Crippen LogP contribution in [0.15, 0.2) is 182 Å². The van der Waals surface area contributed by atoms with Crippen LogP contribution in [0.1, 0.15) is 90.0 Å². The van der Waals surface area contributed by atoms with Crippen LogP contribution in [0.4, 0.5) is 0 Å². The molecule has 0 spiro atoms. The third-order valence-electron chi connectivity index (χ3n) is 16.4. The molecule has 3 unspecified atom stereocenters. The number of carboxylic acid groups (broad SMARTS) is 1. The third kappa shape index (κ3) is 59.0. The number of esters is 2. The molecule has 5 N–H and O–H groups in total. The molecular formula is C64H79I49N5O8-. The molecule has 0 saturated carbocycles. The number of hydrogen-bond acceptors (Lipinski definition) is 12. The Labute approximate surface area is 1090 Å². The number of aliphatic carboxylic acids is 1. The minimum absolute atomic E-state index is 0.00694. The van der Waals surface area contributed by atoms with E-state index >= 15 is 0 Å². The maximum atomic E-state index is 13.0. The second-order valence-corrected chi connectivity index (χ2v) is 1110. The molecule has 0 amide bonds. The zero-order valence-corrected chi connectivity index (χ0v) is 169. The molecule has 0 aliphatic carbocycles. The van der Waals surface area contributed by atoms with E-state index in [1.807, 2.05) is 170 Å². The average Bonchev–Trinajstić information content (AvgIpc) is 0.869. The Morgan fingerprint density at radius 1 is 0.381 bits per heavy atom. The zero-order valence-electron chi connectivity index (χ0n) is 63.1. The molecule has 7 aliphatic rings. The Hall–Kier alpha value is 29.2. The summed E-state index contributed by atoms with van der Waals surface area (Å²) in [4.78, 5) is 40.9. The van der Waals surface area contributed by atoms with Crippen LogP contribution in [0, 0.1) is 11.8 Å². The molecule has 13 rings (SSSR count). The van der Waals surface area contributed by atoms with Gasteiger partial charge < -0.3 is 29.3 Å². The van der Waals surface area contributed by atoms with Gasteiger partial charge in [0.05, 0.1) is 13.2 Å². The van der Waals surface area contributed by atoms with Gasteiger partial charge in [0.1, 0.15) is 24.2 Å². The number of ether oxygens (including phenoxy) is 3. The monoisotopic (exact) mass is 7260 g/mol. The van der Waals surface area contributed by atoms with Gasteiger partial charge in [-0.3, -0.25) is 25.6 Å². The molecule has 7 fully saturated rings. The summed E-state index contributed by atoms with van der Waals surface area (Å²) in [5.74, 6) is -0.144. The molecule has 7 aliphatic heterocycles. The van der Waals surface area contributed by atoms with Gasteiger partial charge in [-0.25, -0.2) is 9.59 Å². The van der Waals surface area contributed by atoms with Crippen molar-refractivity contribution in [2.75, 3.05) is 59.6 Å². The number of aliphatic hydroxyl groups is 1. The van der Waals surface area contributed by atoms with Crippen LogP contribution in [0.5, 0.6) is 0 Å². The van der Waals surface area contributed by atoms with E-state index in [2.05, 4.69) is 522 Å². The van der Waals surface area contributed by atoms with Gasteiger partial charge in [-0.1, -0.05) is 182 Å². The van der Waals surface area contributed by atoms with Crippen molar-refractivity contribution in [1.29, 1.82) is 0 Å². The van der Waals surface area contributed by atoms with E-state index in [4.69, 9.17) is 14.2 Å². The Bertz CT molecular complexity index is 3870. The predicted octanol–water partition coefficient (Wildman–Crippen LogP) is 48.8. The molecule has 5 atom stereocenters.